The van der Waals surface area contributed by atoms with Gasteiger partial charge in [-0.1, -0.05) is 6.07 Å². The van der Waals surface area contributed by atoms with Crippen LogP contribution in [0.15, 0.2) is 18.2 Å². The molecule has 21 heavy (non-hydrogen) atoms. The van der Waals surface area contributed by atoms with Crippen LogP contribution in [0.25, 0.3) is 0 Å². The Hall–Kier alpha value is -1.54. The van der Waals surface area contributed by atoms with Crippen LogP contribution in [0.1, 0.15) is 12.0 Å². The highest BCUT2D eigenvalue weighted by atomic mass is 32.2. The van der Waals surface area contributed by atoms with Gasteiger partial charge >= 0.3 is 5.97 Å². The van der Waals surface area contributed by atoms with Gasteiger partial charge in [-0.15, -0.1) is 0 Å². The van der Waals surface area contributed by atoms with Gasteiger partial charge < -0.3 is 5.11 Å². The first-order valence-corrected chi connectivity index (χ1v) is 8.20. The van der Waals surface area contributed by atoms with E-state index in [1.165, 1.54) is 11.0 Å². The minimum atomic E-state index is -3.21. The number of carbonyl (C=O) groups is 1. The highest BCUT2D eigenvalue weighted by Gasteiger charge is 2.33. The Bertz CT molecular complexity index is 627. The van der Waals surface area contributed by atoms with E-state index >= 15 is 0 Å². The van der Waals surface area contributed by atoms with Crippen molar-refractivity contribution in [3.8, 4) is 0 Å². The van der Waals surface area contributed by atoms with Crippen molar-refractivity contribution < 1.29 is 27.1 Å². The summed E-state index contributed by atoms with van der Waals surface area (Å²) in [6, 6.07) is 2.85. The van der Waals surface area contributed by atoms with Gasteiger partial charge in [0.1, 0.15) is 11.6 Å². The lowest BCUT2D eigenvalue weighted by atomic mass is 10.1. The van der Waals surface area contributed by atoms with Gasteiger partial charge in [-0.3, -0.25) is 9.69 Å². The third-order valence-electron chi connectivity index (χ3n) is 3.49. The van der Waals surface area contributed by atoms with Gasteiger partial charge in [0.05, 0.1) is 18.1 Å². The van der Waals surface area contributed by atoms with E-state index in [1.807, 2.05) is 0 Å². The van der Waals surface area contributed by atoms with E-state index in [4.69, 9.17) is 5.11 Å². The van der Waals surface area contributed by atoms with E-state index in [-0.39, 0.29) is 30.0 Å². The molecule has 0 bridgehead atoms. The van der Waals surface area contributed by atoms with E-state index in [9.17, 15) is 22.0 Å². The van der Waals surface area contributed by atoms with Gasteiger partial charge in [-0.05, 0) is 18.6 Å². The Morgan fingerprint density at radius 1 is 1.33 bits per heavy atom. The zero-order chi connectivity index (χ0) is 15.6. The Morgan fingerprint density at radius 3 is 2.43 bits per heavy atom. The average Bonchev–Trinajstić information content (AvgIpc) is 2.72. The van der Waals surface area contributed by atoms with Crippen LogP contribution >= 0.6 is 0 Å². The molecule has 1 aromatic carbocycles. The molecular weight excluding hydrogens is 304 g/mol. The summed E-state index contributed by atoms with van der Waals surface area (Å²) in [5, 5.41) is 8.91. The topological polar surface area (TPSA) is 74.7 Å². The molecule has 1 aromatic rings. The van der Waals surface area contributed by atoms with Crippen LogP contribution in [0.4, 0.5) is 8.78 Å². The fourth-order valence-electron chi connectivity index (χ4n) is 2.44. The maximum absolute atomic E-state index is 13.7. The Balaban J connectivity index is 2.23. The van der Waals surface area contributed by atoms with Crippen molar-refractivity contribution in [2.45, 2.75) is 19.0 Å². The van der Waals surface area contributed by atoms with E-state index in [2.05, 4.69) is 0 Å². The summed E-state index contributed by atoms with van der Waals surface area (Å²) in [5.41, 5.74) is -0.247. The van der Waals surface area contributed by atoms with Crippen molar-refractivity contribution in [3.05, 3.63) is 35.4 Å². The molecule has 0 spiro atoms. The number of sulfone groups is 1. The van der Waals surface area contributed by atoms with Crippen LogP contribution in [0.5, 0.6) is 0 Å². The molecule has 0 aromatic heterocycles. The van der Waals surface area contributed by atoms with Crippen molar-refractivity contribution in [3.63, 3.8) is 0 Å². The first-order valence-electron chi connectivity index (χ1n) is 6.37. The second kappa shape index (κ2) is 6.07. The predicted molar refractivity (Wildman–Crippen MR) is 71.5 cm³/mol. The van der Waals surface area contributed by atoms with Crippen molar-refractivity contribution in [1.82, 2.24) is 4.90 Å². The van der Waals surface area contributed by atoms with Gasteiger partial charge in [0.15, 0.2) is 9.84 Å². The molecule has 1 N–H and O–H groups in total. The molecule has 0 radical (unpaired) electrons. The zero-order valence-electron chi connectivity index (χ0n) is 11.1. The Kier molecular flexibility index (Phi) is 4.58. The fourth-order valence-corrected chi connectivity index (χ4v) is 4.20. The lowest BCUT2D eigenvalue weighted by molar-refractivity contribution is -0.139. The number of benzene rings is 1. The molecule has 0 aliphatic carbocycles. The van der Waals surface area contributed by atoms with Crippen LogP contribution < -0.4 is 0 Å². The molecule has 1 aliphatic rings. The van der Waals surface area contributed by atoms with Gasteiger partial charge in [-0.25, -0.2) is 17.2 Å². The normalized spacial score (nSPS) is 20.8. The molecule has 5 nitrogen and oxygen atoms in total. The first-order chi connectivity index (χ1) is 9.78. The second-order valence-electron chi connectivity index (χ2n) is 5.06. The molecule has 0 saturated carbocycles. The molecule has 1 saturated heterocycles. The third-order valence-corrected chi connectivity index (χ3v) is 5.24. The van der Waals surface area contributed by atoms with Crippen molar-refractivity contribution in [1.29, 1.82) is 0 Å². The van der Waals surface area contributed by atoms with E-state index < -0.39 is 40.0 Å². The average molecular weight is 319 g/mol. The van der Waals surface area contributed by atoms with Gasteiger partial charge in [0, 0.05) is 18.2 Å². The van der Waals surface area contributed by atoms with Crippen LogP contribution in [0, 0.1) is 11.6 Å². The number of rotatable bonds is 5. The Morgan fingerprint density at radius 2 is 1.95 bits per heavy atom. The predicted octanol–water partition coefficient (Wildman–Crippen LogP) is 1.04. The fraction of sp³-hybridized carbons (Fsp3) is 0.462. The molecule has 1 unspecified atom stereocenters. The molecule has 8 heteroatoms. The third kappa shape index (κ3) is 3.98. The zero-order valence-corrected chi connectivity index (χ0v) is 11.9. The van der Waals surface area contributed by atoms with Crippen LogP contribution in [0.2, 0.25) is 0 Å². The summed E-state index contributed by atoms with van der Waals surface area (Å²) in [6.07, 6.45) is 0.270. The standard InChI is InChI=1S/C13H15F2NO4S/c14-11-2-1-3-12(15)10(11)6-16(7-13(17)18)9-4-5-21(19,20)8-9/h1-3,9H,4-8H2,(H,17,18). The molecule has 0 amide bonds. The minimum Gasteiger partial charge on any atom is -0.480 e. The monoisotopic (exact) mass is 319 g/mol. The number of carboxylic acid groups (broad SMARTS) is 1. The van der Waals surface area contributed by atoms with Gasteiger partial charge in [-0.2, -0.15) is 0 Å². The highest BCUT2D eigenvalue weighted by molar-refractivity contribution is 7.91. The maximum atomic E-state index is 13.7. The number of aliphatic carboxylic acids is 1. The summed E-state index contributed by atoms with van der Waals surface area (Å²) >= 11 is 0. The summed E-state index contributed by atoms with van der Waals surface area (Å²) in [4.78, 5) is 12.2. The number of hydrogen-bond donors (Lipinski definition) is 1. The van der Waals surface area contributed by atoms with Gasteiger partial charge in [0.2, 0.25) is 0 Å². The second-order valence-corrected chi connectivity index (χ2v) is 7.28. The van der Waals surface area contributed by atoms with Crippen LogP contribution in [-0.4, -0.2) is 48.5 Å². The minimum absolute atomic E-state index is 0.0342. The SMILES string of the molecule is O=C(O)CN(Cc1c(F)cccc1F)C1CCS(=O)(=O)C1. The summed E-state index contributed by atoms with van der Waals surface area (Å²) in [5.74, 6) is -2.93. The lowest BCUT2D eigenvalue weighted by Crippen LogP contribution is -2.39. The first kappa shape index (κ1) is 15.8. The van der Waals surface area contributed by atoms with Crippen molar-refractivity contribution in [2.24, 2.45) is 0 Å². The van der Waals surface area contributed by atoms with E-state index in [0.717, 1.165) is 12.1 Å². The molecule has 2 rings (SSSR count). The molecule has 1 fully saturated rings. The number of halogens is 2. The number of nitrogens with zero attached hydrogens (tertiary/aromatic N) is 1. The molecular formula is C13H15F2NO4S. The smallest absolute Gasteiger partial charge is 0.317 e. The molecule has 1 aliphatic heterocycles. The largest absolute Gasteiger partial charge is 0.480 e. The van der Waals surface area contributed by atoms with Crippen molar-refractivity contribution in [2.75, 3.05) is 18.1 Å². The highest BCUT2D eigenvalue weighted by Crippen LogP contribution is 2.22. The summed E-state index contributed by atoms with van der Waals surface area (Å²) < 4.78 is 50.3. The van der Waals surface area contributed by atoms with Crippen LogP contribution in [0.3, 0.4) is 0 Å². The van der Waals surface area contributed by atoms with Gasteiger partial charge in [0.25, 0.3) is 0 Å². The van der Waals surface area contributed by atoms with E-state index in [1.54, 1.807) is 0 Å². The van der Waals surface area contributed by atoms with Crippen molar-refractivity contribution >= 4 is 15.8 Å². The summed E-state index contributed by atoms with van der Waals surface area (Å²) in [6.45, 7) is -0.737. The quantitative estimate of drug-likeness (QED) is 0.878. The number of carboxylic acids is 1. The van der Waals surface area contributed by atoms with E-state index in [0.29, 0.717) is 0 Å². The lowest BCUT2D eigenvalue weighted by Gasteiger charge is -2.26. The number of hydrogen-bond acceptors (Lipinski definition) is 4. The Labute approximate surface area is 121 Å². The summed E-state index contributed by atoms with van der Waals surface area (Å²) in [7, 11) is -3.21. The van der Waals surface area contributed by atoms with Crippen LogP contribution in [-0.2, 0) is 21.2 Å². The molecule has 116 valence electrons. The maximum Gasteiger partial charge on any atom is 0.317 e. The molecule has 1 atom stereocenters. The molecule has 1 heterocycles.